The van der Waals surface area contributed by atoms with Crippen LogP contribution in [0, 0.1) is 5.82 Å². The van der Waals surface area contributed by atoms with Crippen molar-refractivity contribution in [2.75, 3.05) is 11.9 Å². The standard InChI is InChI=1S/C13H21FN2/c1-5-9(2)16(4)13-11(10(3)15)7-6-8-12(13)14/h6-10H,5,15H2,1-4H3/t9?,10-/m1/s1. The molecule has 0 fully saturated rings. The summed E-state index contributed by atoms with van der Waals surface area (Å²) in [7, 11) is 1.92. The maximum absolute atomic E-state index is 13.9. The van der Waals surface area contributed by atoms with Gasteiger partial charge in [0.05, 0.1) is 5.69 Å². The van der Waals surface area contributed by atoms with E-state index in [1.165, 1.54) is 6.07 Å². The molecule has 0 spiro atoms. The quantitative estimate of drug-likeness (QED) is 0.851. The Morgan fingerprint density at radius 1 is 1.38 bits per heavy atom. The monoisotopic (exact) mass is 224 g/mol. The highest BCUT2D eigenvalue weighted by Gasteiger charge is 2.18. The molecule has 1 aromatic rings. The number of nitrogens with two attached hydrogens (primary N) is 1. The lowest BCUT2D eigenvalue weighted by Crippen LogP contribution is -2.30. The van der Waals surface area contributed by atoms with E-state index < -0.39 is 0 Å². The van der Waals surface area contributed by atoms with Gasteiger partial charge in [0.2, 0.25) is 0 Å². The molecule has 2 nitrogen and oxygen atoms in total. The van der Waals surface area contributed by atoms with Gasteiger partial charge in [0, 0.05) is 19.1 Å². The number of benzene rings is 1. The van der Waals surface area contributed by atoms with Gasteiger partial charge in [-0.2, -0.15) is 0 Å². The van der Waals surface area contributed by atoms with Crippen molar-refractivity contribution in [3.05, 3.63) is 29.6 Å². The van der Waals surface area contributed by atoms with Crippen LogP contribution in [0.4, 0.5) is 10.1 Å². The maximum atomic E-state index is 13.9. The maximum Gasteiger partial charge on any atom is 0.146 e. The van der Waals surface area contributed by atoms with Gasteiger partial charge in [0.1, 0.15) is 5.82 Å². The Bertz CT molecular complexity index is 350. The Morgan fingerprint density at radius 2 is 2.00 bits per heavy atom. The lowest BCUT2D eigenvalue weighted by atomic mass is 10.0. The summed E-state index contributed by atoms with van der Waals surface area (Å²) >= 11 is 0. The summed E-state index contributed by atoms with van der Waals surface area (Å²) in [4.78, 5) is 1.97. The van der Waals surface area contributed by atoms with Crippen LogP contribution in [0.15, 0.2) is 18.2 Å². The molecule has 0 amide bonds. The van der Waals surface area contributed by atoms with Gasteiger partial charge < -0.3 is 10.6 Å². The predicted octanol–water partition coefficient (Wildman–Crippen LogP) is 3.08. The van der Waals surface area contributed by atoms with Crippen LogP contribution in [0.1, 0.15) is 38.8 Å². The van der Waals surface area contributed by atoms with Crippen LogP contribution in [-0.4, -0.2) is 13.1 Å². The molecule has 1 aromatic carbocycles. The summed E-state index contributed by atoms with van der Waals surface area (Å²) in [5.41, 5.74) is 7.36. The average Bonchev–Trinajstić information content (AvgIpc) is 2.26. The van der Waals surface area contributed by atoms with Crippen molar-refractivity contribution in [3.63, 3.8) is 0 Å². The number of para-hydroxylation sites is 1. The van der Waals surface area contributed by atoms with E-state index in [9.17, 15) is 4.39 Å². The summed E-state index contributed by atoms with van der Waals surface area (Å²) in [6.07, 6.45) is 0.975. The van der Waals surface area contributed by atoms with Crippen molar-refractivity contribution in [2.24, 2.45) is 5.73 Å². The van der Waals surface area contributed by atoms with E-state index in [1.54, 1.807) is 6.07 Å². The second-order valence-electron chi connectivity index (χ2n) is 4.33. The molecular weight excluding hydrogens is 203 g/mol. The van der Waals surface area contributed by atoms with Crippen molar-refractivity contribution < 1.29 is 4.39 Å². The molecule has 90 valence electrons. The molecule has 2 atom stereocenters. The first-order chi connectivity index (χ1) is 7.49. The van der Waals surface area contributed by atoms with Crippen LogP contribution in [0.5, 0.6) is 0 Å². The first-order valence-corrected chi connectivity index (χ1v) is 5.75. The first-order valence-electron chi connectivity index (χ1n) is 5.75. The minimum absolute atomic E-state index is 0.155. The zero-order valence-electron chi connectivity index (χ0n) is 10.5. The van der Waals surface area contributed by atoms with Crippen molar-refractivity contribution in [1.82, 2.24) is 0 Å². The number of hydrogen-bond donors (Lipinski definition) is 1. The minimum Gasteiger partial charge on any atom is -0.369 e. The third-order valence-corrected chi connectivity index (χ3v) is 3.11. The molecule has 0 radical (unpaired) electrons. The van der Waals surface area contributed by atoms with Gasteiger partial charge in [0.25, 0.3) is 0 Å². The van der Waals surface area contributed by atoms with Crippen molar-refractivity contribution >= 4 is 5.69 Å². The second kappa shape index (κ2) is 5.30. The van der Waals surface area contributed by atoms with E-state index >= 15 is 0 Å². The fraction of sp³-hybridized carbons (Fsp3) is 0.538. The lowest BCUT2D eigenvalue weighted by molar-refractivity contribution is 0.592. The van der Waals surface area contributed by atoms with Crippen molar-refractivity contribution in [3.8, 4) is 0 Å². The van der Waals surface area contributed by atoms with Gasteiger partial charge in [-0.3, -0.25) is 0 Å². The molecule has 0 saturated heterocycles. The first kappa shape index (κ1) is 13.0. The van der Waals surface area contributed by atoms with Crippen LogP contribution < -0.4 is 10.6 Å². The molecule has 0 saturated carbocycles. The molecule has 0 aliphatic heterocycles. The summed E-state index contributed by atoms with van der Waals surface area (Å²) < 4.78 is 13.9. The molecule has 1 unspecified atom stereocenters. The van der Waals surface area contributed by atoms with Crippen LogP contribution in [0.25, 0.3) is 0 Å². The van der Waals surface area contributed by atoms with Gasteiger partial charge in [0.15, 0.2) is 0 Å². The van der Waals surface area contributed by atoms with Crippen molar-refractivity contribution in [1.29, 1.82) is 0 Å². The van der Waals surface area contributed by atoms with E-state index in [0.29, 0.717) is 11.7 Å². The largest absolute Gasteiger partial charge is 0.369 e. The van der Waals surface area contributed by atoms with Gasteiger partial charge in [-0.25, -0.2) is 4.39 Å². The minimum atomic E-state index is -0.197. The zero-order chi connectivity index (χ0) is 12.3. The summed E-state index contributed by atoms with van der Waals surface area (Å²) in [5, 5.41) is 0. The number of hydrogen-bond acceptors (Lipinski definition) is 2. The second-order valence-corrected chi connectivity index (χ2v) is 4.33. The smallest absolute Gasteiger partial charge is 0.146 e. The molecule has 0 aliphatic carbocycles. The normalized spacial score (nSPS) is 14.6. The molecule has 0 aromatic heterocycles. The fourth-order valence-corrected chi connectivity index (χ4v) is 1.77. The predicted molar refractivity (Wildman–Crippen MR) is 67.2 cm³/mol. The van der Waals surface area contributed by atoms with E-state index in [2.05, 4.69) is 13.8 Å². The summed E-state index contributed by atoms with van der Waals surface area (Å²) in [6, 6.07) is 5.23. The fourth-order valence-electron chi connectivity index (χ4n) is 1.77. The summed E-state index contributed by atoms with van der Waals surface area (Å²) in [5.74, 6) is -0.197. The highest BCUT2D eigenvalue weighted by atomic mass is 19.1. The SMILES string of the molecule is CCC(C)N(C)c1c(F)cccc1[C@@H](C)N. The van der Waals surface area contributed by atoms with Gasteiger partial charge in [-0.05, 0) is 31.9 Å². The molecule has 1 rings (SSSR count). The lowest BCUT2D eigenvalue weighted by Gasteiger charge is -2.29. The van der Waals surface area contributed by atoms with E-state index in [0.717, 1.165) is 12.0 Å². The highest BCUT2D eigenvalue weighted by Crippen LogP contribution is 2.29. The molecular formula is C13H21FN2. The third kappa shape index (κ3) is 2.53. The third-order valence-electron chi connectivity index (χ3n) is 3.11. The van der Waals surface area contributed by atoms with Gasteiger partial charge in [-0.1, -0.05) is 19.1 Å². The number of rotatable bonds is 4. The Hall–Kier alpha value is -1.09. The van der Waals surface area contributed by atoms with E-state index in [4.69, 9.17) is 5.73 Å². The highest BCUT2D eigenvalue weighted by molar-refractivity contribution is 5.56. The molecule has 16 heavy (non-hydrogen) atoms. The van der Waals surface area contributed by atoms with Gasteiger partial charge >= 0.3 is 0 Å². The topological polar surface area (TPSA) is 29.3 Å². The number of nitrogens with zero attached hydrogens (tertiary/aromatic N) is 1. The van der Waals surface area contributed by atoms with Crippen LogP contribution in [-0.2, 0) is 0 Å². The molecule has 2 N–H and O–H groups in total. The van der Waals surface area contributed by atoms with E-state index in [1.807, 2.05) is 24.9 Å². The summed E-state index contributed by atoms with van der Waals surface area (Å²) in [6.45, 7) is 6.05. The number of halogens is 1. The molecule has 0 heterocycles. The Kier molecular flexibility index (Phi) is 4.30. The molecule has 0 aliphatic rings. The average molecular weight is 224 g/mol. The van der Waals surface area contributed by atoms with Gasteiger partial charge in [-0.15, -0.1) is 0 Å². The van der Waals surface area contributed by atoms with Crippen LogP contribution >= 0.6 is 0 Å². The number of anilines is 1. The zero-order valence-corrected chi connectivity index (χ0v) is 10.5. The Morgan fingerprint density at radius 3 is 2.50 bits per heavy atom. The van der Waals surface area contributed by atoms with E-state index in [-0.39, 0.29) is 11.9 Å². The van der Waals surface area contributed by atoms with Crippen LogP contribution in [0.3, 0.4) is 0 Å². The van der Waals surface area contributed by atoms with Crippen LogP contribution in [0.2, 0.25) is 0 Å². The Balaban J connectivity index is 3.19. The molecule has 0 bridgehead atoms. The van der Waals surface area contributed by atoms with Crippen molar-refractivity contribution in [2.45, 2.75) is 39.3 Å². The molecule has 3 heteroatoms. The Labute approximate surface area is 97.3 Å².